The normalized spacial score (nSPS) is 13.7. The Morgan fingerprint density at radius 2 is 1.57 bits per heavy atom. The molecule has 0 N–H and O–H groups in total. The van der Waals surface area contributed by atoms with Crippen molar-refractivity contribution in [2.24, 2.45) is 4.99 Å². The first kappa shape index (κ1) is 26.4. The fourth-order valence-electron chi connectivity index (χ4n) is 3.52. The van der Waals surface area contributed by atoms with E-state index in [2.05, 4.69) is 36.9 Å². The van der Waals surface area contributed by atoms with Crippen molar-refractivity contribution < 1.29 is 33.3 Å². The van der Waals surface area contributed by atoms with Crippen LogP contribution in [-0.4, -0.2) is 39.2 Å². The van der Waals surface area contributed by atoms with E-state index in [4.69, 9.17) is 23.7 Å². The number of rotatable bonds is 7. The number of hydrogen-bond acceptors (Lipinski definition) is 8. The van der Waals surface area contributed by atoms with Crippen molar-refractivity contribution in [3.8, 4) is 23.0 Å². The van der Waals surface area contributed by atoms with Crippen molar-refractivity contribution in [1.29, 1.82) is 0 Å². The van der Waals surface area contributed by atoms with E-state index < -0.39 is 11.9 Å². The Labute approximate surface area is 230 Å². The molecule has 0 bridgehead atoms. The van der Waals surface area contributed by atoms with Crippen molar-refractivity contribution in [3.05, 3.63) is 85.4 Å². The van der Waals surface area contributed by atoms with Crippen LogP contribution >= 0.6 is 31.9 Å². The van der Waals surface area contributed by atoms with Gasteiger partial charge >= 0.3 is 11.9 Å². The van der Waals surface area contributed by atoms with Crippen molar-refractivity contribution in [1.82, 2.24) is 0 Å². The minimum absolute atomic E-state index is 0.0608. The highest BCUT2D eigenvalue weighted by Gasteiger charge is 2.26. The summed E-state index contributed by atoms with van der Waals surface area (Å²) in [5.74, 6) is 0.0324. The number of methoxy groups -OCH3 is 3. The molecule has 8 nitrogen and oxygen atoms in total. The molecule has 0 aromatic heterocycles. The topological polar surface area (TPSA) is 92.7 Å². The average Bonchev–Trinajstić information content (AvgIpc) is 3.25. The van der Waals surface area contributed by atoms with Gasteiger partial charge in [0.2, 0.25) is 11.6 Å². The molecule has 3 aromatic rings. The number of carbonyl (C=O) groups is 2. The molecule has 0 unspecified atom stereocenters. The predicted molar refractivity (Wildman–Crippen MR) is 145 cm³/mol. The Hall–Kier alpha value is -3.63. The molecule has 37 heavy (non-hydrogen) atoms. The zero-order chi connectivity index (χ0) is 26.7. The first-order valence-electron chi connectivity index (χ1n) is 10.8. The van der Waals surface area contributed by atoms with Crippen molar-refractivity contribution in [2.45, 2.75) is 6.92 Å². The largest absolute Gasteiger partial charge is 0.493 e. The molecule has 1 aliphatic heterocycles. The second-order valence-corrected chi connectivity index (χ2v) is 9.58. The summed E-state index contributed by atoms with van der Waals surface area (Å²) >= 11 is 6.87. The fraction of sp³-hybridized carbons (Fsp3) is 0.148. The number of nitrogens with zero attached hydrogens (tertiary/aromatic N) is 1. The molecule has 0 fully saturated rings. The molecule has 190 valence electrons. The molecule has 3 aromatic carbocycles. The van der Waals surface area contributed by atoms with Gasteiger partial charge in [0.15, 0.2) is 22.9 Å². The van der Waals surface area contributed by atoms with E-state index in [1.165, 1.54) is 39.5 Å². The first-order chi connectivity index (χ1) is 17.7. The highest BCUT2D eigenvalue weighted by Crippen LogP contribution is 2.40. The lowest BCUT2D eigenvalue weighted by atomic mass is 10.1. The first-order valence-corrected chi connectivity index (χ1v) is 12.4. The van der Waals surface area contributed by atoms with Crippen LogP contribution in [0, 0.1) is 6.92 Å². The second kappa shape index (κ2) is 11.2. The minimum Gasteiger partial charge on any atom is -0.493 e. The number of carbonyl (C=O) groups excluding carboxylic acids is 2. The quantitative estimate of drug-likeness (QED) is 0.177. The number of ether oxygens (including phenoxy) is 5. The van der Waals surface area contributed by atoms with Crippen LogP contribution in [0.25, 0.3) is 6.08 Å². The molecule has 0 aliphatic carbocycles. The SMILES string of the molecule is COc1cc(C(=O)Oc2c(Br)cc(Br)cc2/C=C2/N=C(c3ccc(C)cc3)OC2=O)cc(OC)c1OC. The summed E-state index contributed by atoms with van der Waals surface area (Å²) in [5, 5.41) is 0. The lowest BCUT2D eigenvalue weighted by molar-refractivity contribution is -0.129. The van der Waals surface area contributed by atoms with Gasteiger partial charge in [-0.25, -0.2) is 14.6 Å². The summed E-state index contributed by atoms with van der Waals surface area (Å²) < 4.78 is 28.3. The van der Waals surface area contributed by atoms with Crippen LogP contribution in [0.1, 0.15) is 27.0 Å². The summed E-state index contributed by atoms with van der Waals surface area (Å²) in [6, 6.07) is 13.8. The number of cyclic esters (lactones) is 1. The summed E-state index contributed by atoms with van der Waals surface area (Å²) in [6.45, 7) is 1.96. The van der Waals surface area contributed by atoms with Gasteiger partial charge in [-0.15, -0.1) is 0 Å². The van der Waals surface area contributed by atoms with Gasteiger partial charge in [-0.2, -0.15) is 0 Å². The van der Waals surface area contributed by atoms with Crippen LogP contribution < -0.4 is 18.9 Å². The molecular weight excluding hydrogens is 610 g/mol. The number of hydrogen-bond donors (Lipinski definition) is 0. The minimum atomic E-state index is -0.681. The van der Waals surface area contributed by atoms with E-state index in [-0.39, 0.29) is 22.9 Å². The van der Waals surface area contributed by atoms with E-state index in [0.29, 0.717) is 37.3 Å². The van der Waals surface area contributed by atoms with Gasteiger partial charge < -0.3 is 23.7 Å². The number of aliphatic imine (C=N–C) groups is 1. The highest BCUT2D eigenvalue weighted by atomic mass is 79.9. The van der Waals surface area contributed by atoms with Crippen molar-refractivity contribution in [2.75, 3.05) is 21.3 Å². The molecule has 10 heteroatoms. The van der Waals surface area contributed by atoms with E-state index in [9.17, 15) is 9.59 Å². The maximum absolute atomic E-state index is 13.2. The monoisotopic (exact) mass is 629 g/mol. The summed E-state index contributed by atoms with van der Waals surface area (Å²) in [4.78, 5) is 30.1. The van der Waals surface area contributed by atoms with E-state index >= 15 is 0 Å². The third-order valence-corrected chi connectivity index (χ3v) is 6.39. The van der Waals surface area contributed by atoms with Gasteiger partial charge in [0.25, 0.3) is 0 Å². The summed E-state index contributed by atoms with van der Waals surface area (Å²) in [6.07, 6.45) is 1.50. The van der Waals surface area contributed by atoms with Crippen LogP contribution in [-0.2, 0) is 9.53 Å². The van der Waals surface area contributed by atoms with Gasteiger partial charge in [0.05, 0.1) is 31.4 Å². The Morgan fingerprint density at radius 1 is 0.919 bits per heavy atom. The van der Waals surface area contributed by atoms with E-state index in [1.807, 2.05) is 31.2 Å². The molecule has 0 saturated carbocycles. The fourth-order valence-corrected chi connectivity index (χ4v) is 4.86. The Bertz CT molecular complexity index is 1420. The van der Waals surface area contributed by atoms with Crippen LogP contribution in [0.4, 0.5) is 0 Å². The number of esters is 2. The molecule has 0 radical (unpaired) electrons. The molecule has 4 rings (SSSR count). The van der Waals surface area contributed by atoms with Crippen molar-refractivity contribution in [3.63, 3.8) is 0 Å². The molecule has 1 heterocycles. The smallest absolute Gasteiger partial charge is 0.363 e. The number of halogens is 2. The van der Waals surface area contributed by atoms with E-state index in [1.54, 1.807) is 12.1 Å². The van der Waals surface area contributed by atoms with Crippen LogP contribution in [0.5, 0.6) is 23.0 Å². The zero-order valence-corrected chi connectivity index (χ0v) is 23.4. The summed E-state index contributed by atoms with van der Waals surface area (Å²) in [5.41, 5.74) is 2.39. The van der Waals surface area contributed by atoms with Gasteiger partial charge in [0, 0.05) is 15.6 Å². The Kier molecular flexibility index (Phi) is 7.99. The molecule has 0 saturated heterocycles. The molecule has 0 atom stereocenters. The van der Waals surface area contributed by atoms with Crippen molar-refractivity contribution >= 4 is 55.8 Å². The van der Waals surface area contributed by atoms with Gasteiger partial charge in [0.1, 0.15) is 0 Å². The lowest BCUT2D eigenvalue weighted by Gasteiger charge is -2.15. The standard InChI is InChI=1S/C27H21Br2NO7/c1-14-5-7-15(8-6-14)25-30-20(27(32)37-25)10-16-9-18(28)13-19(29)23(16)36-26(31)17-11-21(33-2)24(35-4)22(12-17)34-3/h5-13H,1-4H3/b20-10+. The summed E-state index contributed by atoms with van der Waals surface area (Å²) in [7, 11) is 4.37. The highest BCUT2D eigenvalue weighted by molar-refractivity contribution is 9.11. The third-order valence-electron chi connectivity index (χ3n) is 5.34. The van der Waals surface area contributed by atoms with Crippen LogP contribution in [0.15, 0.2) is 68.2 Å². The van der Waals surface area contributed by atoms with Crippen LogP contribution in [0.3, 0.4) is 0 Å². The maximum Gasteiger partial charge on any atom is 0.363 e. The van der Waals surface area contributed by atoms with Gasteiger partial charge in [-0.05, 0) is 65.3 Å². The molecule has 0 amide bonds. The van der Waals surface area contributed by atoms with Gasteiger partial charge in [-0.1, -0.05) is 33.6 Å². The second-order valence-electron chi connectivity index (χ2n) is 7.81. The zero-order valence-electron chi connectivity index (χ0n) is 20.3. The number of aryl methyl sites for hydroxylation is 1. The molecule has 0 spiro atoms. The van der Waals surface area contributed by atoms with E-state index in [0.717, 1.165) is 5.56 Å². The Morgan fingerprint density at radius 3 is 2.16 bits per heavy atom. The Balaban J connectivity index is 1.71. The third kappa shape index (κ3) is 5.70. The predicted octanol–water partition coefficient (Wildman–Crippen LogP) is 6.11. The molecular formula is C27H21Br2NO7. The number of benzene rings is 3. The van der Waals surface area contributed by atoms with Crippen LogP contribution in [0.2, 0.25) is 0 Å². The average molecular weight is 631 g/mol. The molecule has 1 aliphatic rings. The maximum atomic E-state index is 13.2. The van der Waals surface area contributed by atoms with Gasteiger partial charge in [-0.3, -0.25) is 0 Å². The lowest BCUT2D eigenvalue weighted by Crippen LogP contribution is -2.11.